The maximum Gasteiger partial charge on any atom is 1.00 e. The van der Waals surface area contributed by atoms with Gasteiger partial charge in [0.2, 0.25) is 0 Å². The van der Waals surface area contributed by atoms with Crippen LogP contribution in [0.5, 0.6) is 11.5 Å². The number of nitrogens with one attached hydrogen (secondary N) is 1. The van der Waals surface area contributed by atoms with Crippen molar-refractivity contribution < 1.29 is 57.2 Å². The molecule has 1 amide bonds. The van der Waals surface area contributed by atoms with Gasteiger partial charge in [0.25, 0.3) is 16.0 Å². The summed E-state index contributed by atoms with van der Waals surface area (Å²) >= 11 is 12.4. The normalized spacial score (nSPS) is 11.4. The SMILES string of the molecule is CCOc1ccc(Cl)c(NC(=O)c2cc3ccccc3c(N=Nc3cc(Cl)cc(CC)c3S(=O)(=O)O)c2[O-])c1.[Na+]. The second-order valence-corrected chi connectivity index (χ2v) is 10.5. The fourth-order valence-electron chi connectivity index (χ4n) is 4.00. The second-order valence-electron chi connectivity index (χ2n) is 8.29. The summed E-state index contributed by atoms with van der Waals surface area (Å²) in [6.07, 6.45) is 0.233. The average molecular weight is 610 g/mol. The molecule has 2 N–H and O–H groups in total. The Morgan fingerprint density at radius 2 is 1.77 bits per heavy atom. The van der Waals surface area contributed by atoms with Crippen molar-refractivity contribution in [1.82, 2.24) is 0 Å². The maximum absolute atomic E-state index is 13.5. The summed E-state index contributed by atoms with van der Waals surface area (Å²) in [6, 6.07) is 15.5. The van der Waals surface area contributed by atoms with Crippen molar-refractivity contribution in [1.29, 1.82) is 0 Å². The molecule has 202 valence electrons. The van der Waals surface area contributed by atoms with Gasteiger partial charge in [-0.05, 0) is 54.6 Å². The van der Waals surface area contributed by atoms with Crippen molar-refractivity contribution in [3.05, 3.63) is 81.8 Å². The first-order chi connectivity index (χ1) is 18.5. The Kier molecular flexibility index (Phi) is 10.6. The summed E-state index contributed by atoms with van der Waals surface area (Å²) in [5, 5.41) is 25.5. The molecule has 0 heterocycles. The van der Waals surface area contributed by atoms with E-state index >= 15 is 0 Å². The predicted molar refractivity (Wildman–Crippen MR) is 149 cm³/mol. The largest absolute Gasteiger partial charge is 1.00 e. The standard InChI is InChI=1S/C27H23Cl2N3O6S.Na/c1-3-15-11-17(28)13-23(26(15)39(35,36)37)31-32-24-19-8-6-5-7-16(19)12-20(25(24)33)27(34)30-22-14-18(38-4-2)9-10-21(22)29;/h5-14,33H,3-4H2,1-2H3,(H,30,34)(H,35,36,37);/q;+1/p-1. The third-order valence-corrected chi connectivity index (χ3v) is 7.26. The van der Waals surface area contributed by atoms with Crippen LogP contribution in [-0.2, 0) is 16.5 Å². The van der Waals surface area contributed by atoms with Gasteiger partial charge < -0.3 is 15.2 Å². The monoisotopic (exact) mass is 609 g/mol. The minimum atomic E-state index is -4.70. The molecule has 4 rings (SSSR count). The van der Waals surface area contributed by atoms with Gasteiger partial charge in [0, 0.05) is 22.0 Å². The van der Waals surface area contributed by atoms with Gasteiger partial charge >= 0.3 is 29.6 Å². The van der Waals surface area contributed by atoms with Crippen molar-refractivity contribution in [2.45, 2.75) is 25.2 Å². The molecule has 40 heavy (non-hydrogen) atoms. The van der Waals surface area contributed by atoms with Crippen LogP contribution in [0.4, 0.5) is 17.1 Å². The van der Waals surface area contributed by atoms with E-state index in [1.807, 2.05) is 6.92 Å². The van der Waals surface area contributed by atoms with Crippen molar-refractivity contribution in [3.8, 4) is 11.5 Å². The van der Waals surface area contributed by atoms with Crippen molar-refractivity contribution in [2.24, 2.45) is 10.2 Å². The summed E-state index contributed by atoms with van der Waals surface area (Å²) in [7, 11) is -4.70. The Bertz CT molecular complexity index is 1730. The molecule has 0 fully saturated rings. The van der Waals surface area contributed by atoms with E-state index in [0.29, 0.717) is 23.1 Å². The number of azo groups is 1. The van der Waals surface area contributed by atoms with E-state index in [1.165, 1.54) is 24.3 Å². The molecule has 0 bridgehead atoms. The summed E-state index contributed by atoms with van der Waals surface area (Å²) in [4.78, 5) is 12.8. The Morgan fingerprint density at radius 3 is 2.45 bits per heavy atom. The zero-order valence-corrected chi connectivity index (χ0v) is 26.1. The van der Waals surface area contributed by atoms with Crippen LogP contribution in [0.2, 0.25) is 10.0 Å². The molecule has 0 aliphatic rings. The Morgan fingerprint density at radius 1 is 1.05 bits per heavy atom. The molecule has 0 saturated heterocycles. The van der Waals surface area contributed by atoms with Gasteiger partial charge in [-0.25, -0.2) is 0 Å². The molecule has 0 aliphatic carbocycles. The van der Waals surface area contributed by atoms with Gasteiger partial charge in [0.1, 0.15) is 16.3 Å². The van der Waals surface area contributed by atoms with E-state index in [1.54, 1.807) is 43.3 Å². The van der Waals surface area contributed by atoms with Crippen LogP contribution in [0.25, 0.3) is 10.8 Å². The van der Waals surface area contributed by atoms with Gasteiger partial charge in [-0.15, -0.1) is 5.11 Å². The molecular formula is C27H22Cl2N3NaO6S. The number of fused-ring (bicyclic) bond motifs is 1. The number of amides is 1. The van der Waals surface area contributed by atoms with E-state index in [9.17, 15) is 22.9 Å². The van der Waals surface area contributed by atoms with Gasteiger partial charge in [0.15, 0.2) is 0 Å². The number of carbonyl (C=O) groups is 1. The van der Waals surface area contributed by atoms with Crippen LogP contribution >= 0.6 is 23.2 Å². The first-order valence-electron chi connectivity index (χ1n) is 11.7. The predicted octanol–water partition coefficient (Wildman–Crippen LogP) is 4.10. The molecule has 0 aromatic heterocycles. The fourth-order valence-corrected chi connectivity index (χ4v) is 5.30. The summed E-state index contributed by atoms with van der Waals surface area (Å²) < 4.78 is 39.5. The maximum atomic E-state index is 13.5. The molecule has 13 heteroatoms. The number of carbonyl (C=O) groups excluding carboxylic acids is 1. The minimum absolute atomic E-state index is 0. The third-order valence-electron chi connectivity index (χ3n) is 5.72. The van der Waals surface area contributed by atoms with Crippen LogP contribution in [-0.4, -0.2) is 25.5 Å². The molecule has 4 aromatic carbocycles. The molecule has 0 radical (unpaired) electrons. The van der Waals surface area contributed by atoms with Crippen LogP contribution < -0.4 is 44.7 Å². The zero-order chi connectivity index (χ0) is 28.3. The van der Waals surface area contributed by atoms with Gasteiger partial charge in [-0.1, -0.05) is 60.1 Å². The number of hydrogen-bond acceptors (Lipinski definition) is 7. The van der Waals surface area contributed by atoms with Crippen LogP contribution in [0.3, 0.4) is 0 Å². The van der Waals surface area contributed by atoms with Crippen LogP contribution in [0.15, 0.2) is 75.8 Å². The summed E-state index contributed by atoms with van der Waals surface area (Å²) in [5.41, 5.74) is -0.222. The minimum Gasteiger partial charge on any atom is -0.870 e. The quantitative estimate of drug-likeness (QED) is 0.175. The number of halogens is 2. The number of benzene rings is 4. The molecule has 0 spiro atoms. The van der Waals surface area contributed by atoms with Gasteiger partial charge in [-0.2, -0.15) is 13.5 Å². The number of hydrogen-bond donors (Lipinski definition) is 2. The van der Waals surface area contributed by atoms with E-state index in [2.05, 4.69) is 15.5 Å². The number of anilines is 1. The third kappa shape index (κ3) is 6.95. The van der Waals surface area contributed by atoms with Crippen LogP contribution in [0, 0.1) is 0 Å². The van der Waals surface area contributed by atoms with E-state index < -0.39 is 26.7 Å². The second kappa shape index (κ2) is 13.3. The Balaban J connectivity index is 0.00000441. The molecule has 4 aromatic rings. The van der Waals surface area contributed by atoms with Crippen molar-refractivity contribution in [3.63, 3.8) is 0 Å². The molecule has 0 unspecified atom stereocenters. The van der Waals surface area contributed by atoms with Crippen molar-refractivity contribution >= 4 is 67.1 Å². The summed E-state index contributed by atoms with van der Waals surface area (Å²) in [5.74, 6) is -1.01. The smallest absolute Gasteiger partial charge is 0.870 e. The van der Waals surface area contributed by atoms with E-state index in [-0.39, 0.29) is 74.2 Å². The zero-order valence-electron chi connectivity index (χ0n) is 21.7. The average Bonchev–Trinajstić information content (AvgIpc) is 2.88. The van der Waals surface area contributed by atoms with E-state index in [0.717, 1.165) is 0 Å². The summed E-state index contributed by atoms with van der Waals surface area (Å²) in [6.45, 7) is 3.90. The number of nitrogens with zero attached hydrogens (tertiary/aromatic N) is 2. The molecular weight excluding hydrogens is 588 g/mol. The topological polar surface area (TPSA) is 140 Å². The Labute approximate surface area is 263 Å². The molecule has 0 atom stereocenters. The molecule has 9 nitrogen and oxygen atoms in total. The Hall–Kier alpha value is -2.70. The van der Waals surface area contributed by atoms with Crippen LogP contribution in [0.1, 0.15) is 29.8 Å². The number of rotatable bonds is 8. The number of ether oxygens (including phenoxy) is 1. The van der Waals surface area contributed by atoms with E-state index in [4.69, 9.17) is 27.9 Å². The van der Waals surface area contributed by atoms with Gasteiger partial charge in [0.05, 0.1) is 23.0 Å². The first kappa shape index (κ1) is 31.8. The van der Waals surface area contributed by atoms with Crippen molar-refractivity contribution in [2.75, 3.05) is 11.9 Å². The molecule has 0 aliphatic heterocycles. The first-order valence-corrected chi connectivity index (χ1v) is 13.9. The number of aryl methyl sites for hydroxylation is 1. The fraction of sp³-hybridized carbons (Fsp3) is 0.148. The molecule has 0 saturated carbocycles. The van der Waals surface area contributed by atoms with Gasteiger partial charge in [-0.3, -0.25) is 9.35 Å².